The van der Waals surface area contributed by atoms with Crippen molar-refractivity contribution in [2.45, 2.75) is 6.18 Å². The van der Waals surface area contributed by atoms with E-state index < -0.39 is 23.1 Å². The van der Waals surface area contributed by atoms with Gasteiger partial charge in [-0.1, -0.05) is 0 Å². The molecule has 0 unspecified atom stereocenters. The number of nitrogens with zero attached hydrogens (tertiary/aromatic N) is 4. The summed E-state index contributed by atoms with van der Waals surface area (Å²) in [7, 11) is 3.41. The van der Waals surface area contributed by atoms with E-state index in [4.69, 9.17) is 0 Å². The third kappa shape index (κ3) is 4.06. The van der Waals surface area contributed by atoms with Gasteiger partial charge in [0.15, 0.2) is 5.69 Å². The third-order valence-electron chi connectivity index (χ3n) is 2.87. The van der Waals surface area contributed by atoms with Gasteiger partial charge in [-0.3, -0.25) is 9.59 Å². The minimum absolute atomic E-state index is 0.189. The van der Waals surface area contributed by atoms with Gasteiger partial charge >= 0.3 is 6.18 Å². The highest BCUT2D eigenvalue weighted by atomic mass is 19.4. The lowest BCUT2D eigenvalue weighted by Crippen LogP contribution is -2.20. The maximum atomic E-state index is 12.5. The molecule has 2 heterocycles. The summed E-state index contributed by atoms with van der Waals surface area (Å²) >= 11 is 0. The monoisotopic (exact) mass is 338 g/mol. The molecule has 24 heavy (non-hydrogen) atoms. The summed E-state index contributed by atoms with van der Waals surface area (Å²) in [6, 6.07) is 3.06. The van der Waals surface area contributed by atoms with Crippen LogP contribution in [0.15, 0.2) is 47.7 Å². The largest absolute Gasteiger partial charge is 0.433 e. The second-order valence-electron chi connectivity index (χ2n) is 5.02. The number of pyridine rings is 1. The third-order valence-corrected chi connectivity index (χ3v) is 2.87. The molecular formula is C15H13F3N4O2. The summed E-state index contributed by atoms with van der Waals surface area (Å²) in [5.41, 5.74) is -1.78. The van der Waals surface area contributed by atoms with Crippen molar-refractivity contribution in [2.24, 2.45) is 0 Å². The van der Waals surface area contributed by atoms with Crippen molar-refractivity contribution >= 4 is 5.78 Å². The van der Waals surface area contributed by atoms with E-state index in [9.17, 15) is 22.8 Å². The van der Waals surface area contributed by atoms with E-state index in [0.717, 1.165) is 29.1 Å². The lowest BCUT2D eigenvalue weighted by atomic mass is 10.2. The van der Waals surface area contributed by atoms with Gasteiger partial charge in [0.2, 0.25) is 11.2 Å². The van der Waals surface area contributed by atoms with E-state index in [1.54, 1.807) is 19.0 Å². The van der Waals surface area contributed by atoms with Gasteiger partial charge in [0.05, 0.1) is 11.9 Å². The predicted molar refractivity (Wildman–Crippen MR) is 79.8 cm³/mol. The van der Waals surface area contributed by atoms with Crippen molar-refractivity contribution in [3.05, 3.63) is 64.5 Å². The Morgan fingerprint density at radius 1 is 1.25 bits per heavy atom. The minimum atomic E-state index is -4.55. The molecule has 0 aliphatic rings. The van der Waals surface area contributed by atoms with Crippen LogP contribution in [0.2, 0.25) is 0 Å². The van der Waals surface area contributed by atoms with Gasteiger partial charge < -0.3 is 4.90 Å². The van der Waals surface area contributed by atoms with Crippen LogP contribution < -0.4 is 5.43 Å². The number of alkyl halides is 3. The average molecular weight is 338 g/mol. The average Bonchev–Trinajstić information content (AvgIpc) is 2.52. The van der Waals surface area contributed by atoms with E-state index in [-0.39, 0.29) is 11.4 Å². The van der Waals surface area contributed by atoms with E-state index >= 15 is 0 Å². The zero-order chi connectivity index (χ0) is 17.9. The highest BCUT2D eigenvalue weighted by Crippen LogP contribution is 2.27. The summed E-state index contributed by atoms with van der Waals surface area (Å²) in [4.78, 5) is 28.7. The molecular weight excluding hydrogens is 325 g/mol. The standard InChI is InChI=1S/C15H13F3N4O2/c1-21(2)7-5-11(23)14-12(24)6-8-22(20-14)10-3-4-13(19-9-10)15(16,17)18/h3-9H,1-2H3. The molecule has 0 fully saturated rings. The maximum absolute atomic E-state index is 12.5. The van der Waals surface area contributed by atoms with E-state index in [1.807, 2.05) is 0 Å². The fourth-order valence-corrected chi connectivity index (χ4v) is 1.71. The first-order valence-corrected chi connectivity index (χ1v) is 6.71. The first-order valence-electron chi connectivity index (χ1n) is 6.71. The Balaban J connectivity index is 2.38. The molecule has 0 aromatic carbocycles. The fourth-order valence-electron chi connectivity index (χ4n) is 1.71. The number of hydrogen-bond acceptors (Lipinski definition) is 5. The molecule has 0 aliphatic carbocycles. The Kier molecular flexibility index (Phi) is 4.82. The summed E-state index contributed by atoms with van der Waals surface area (Å²) in [5.74, 6) is -0.608. The van der Waals surface area contributed by atoms with Crippen LogP contribution in [0, 0.1) is 0 Å². The molecule has 6 nitrogen and oxygen atoms in total. The topological polar surface area (TPSA) is 68.1 Å². The van der Waals surface area contributed by atoms with Gasteiger partial charge in [-0.05, 0) is 12.1 Å². The molecule has 0 N–H and O–H groups in total. The number of aromatic nitrogens is 3. The number of ketones is 1. The zero-order valence-electron chi connectivity index (χ0n) is 12.8. The van der Waals surface area contributed by atoms with Crippen molar-refractivity contribution in [3.8, 4) is 5.69 Å². The number of carbonyl (C=O) groups excluding carboxylic acids is 1. The normalized spacial score (nSPS) is 11.7. The molecule has 0 bridgehead atoms. The minimum Gasteiger partial charge on any atom is -0.383 e. The molecule has 0 spiro atoms. The Morgan fingerprint density at radius 3 is 2.50 bits per heavy atom. The van der Waals surface area contributed by atoms with Crippen LogP contribution in [0.5, 0.6) is 0 Å². The first kappa shape index (κ1) is 17.4. The highest BCUT2D eigenvalue weighted by Gasteiger charge is 2.32. The Hall–Kier alpha value is -2.97. The van der Waals surface area contributed by atoms with Gasteiger partial charge in [-0.15, -0.1) is 0 Å². The lowest BCUT2D eigenvalue weighted by molar-refractivity contribution is -0.141. The van der Waals surface area contributed by atoms with Crippen molar-refractivity contribution in [1.82, 2.24) is 19.7 Å². The van der Waals surface area contributed by atoms with Crippen LogP contribution >= 0.6 is 0 Å². The second-order valence-corrected chi connectivity index (χ2v) is 5.02. The molecule has 0 saturated heterocycles. The number of allylic oxidation sites excluding steroid dienone is 1. The van der Waals surface area contributed by atoms with Crippen LogP contribution in [0.25, 0.3) is 5.69 Å². The van der Waals surface area contributed by atoms with Gasteiger partial charge in [-0.2, -0.15) is 18.3 Å². The molecule has 2 rings (SSSR count). The summed E-state index contributed by atoms with van der Waals surface area (Å²) in [6.45, 7) is 0. The quantitative estimate of drug-likeness (QED) is 0.629. The Labute approximate surface area is 134 Å². The van der Waals surface area contributed by atoms with E-state index in [2.05, 4.69) is 10.1 Å². The zero-order valence-corrected chi connectivity index (χ0v) is 12.8. The van der Waals surface area contributed by atoms with Gasteiger partial charge in [0, 0.05) is 38.6 Å². The molecule has 0 aliphatic heterocycles. The first-order chi connectivity index (χ1) is 11.2. The molecule has 126 valence electrons. The van der Waals surface area contributed by atoms with Crippen LogP contribution in [0.3, 0.4) is 0 Å². The van der Waals surface area contributed by atoms with Crippen molar-refractivity contribution in [3.63, 3.8) is 0 Å². The summed E-state index contributed by atoms with van der Waals surface area (Å²) in [6.07, 6.45) is 0.302. The van der Waals surface area contributed by atoms with Crippen molar-refractivity contribution in [1.29, 1.82) is 0 Å². The SMILES string of the molecule is CN(C)C=CC(=O)c1nn(-c2ccc(C(F)(F)F)nc2)ccc1=O. The maximum Gasteiger partial charge on any atom is 0.433 e. The molecule has 0 atom stereocenters. The van der Waals surface area contributed by atoms with Crippen LogP contribution in [0.4, 0.5) is 13.2 Å². The molecule has 0 amide bonds. The fraction of sp³-hybridized carbons (Fsp3) is 0.200. The second kappa shape index (κ2) is 6.65. The number of rotatable bonds is 4. The number of hydrogen-bond donors (Lipinski definition) is 0. The smallest absolute Gasteiger partial charge is 0.383 e. The Bertz CT molecular complexity index is 824. The molecule has 2 aromatic heterocycles. The van der Waals surface area contributed by atoms with Gasteiger partial charge in [-0.25, -0.2) is 9.67 Å². The van der Waals surface area contributed by atoms with Crippen LogP contribution in [-0.2, 0) is 6.18 Å². The summed E-state index contributed by atoms with van der Waals surface area (Å²) < 4.78 is 38.7. The Morgan fingerprint density at radius 2 is 1.96 bits per heavy atom. The number of carbonyl (C=O) groups is 1. The molecule has 9 heteroatoms. The van der Waals surface area contributed by atoms with Gasteiger partial charge in [0.25, 0.3) is 0 Å². The van der Waals surface area contributed by atoms with Crippen LogP contribution in [0.1, 0.15) is 16.2 Å². The lowest BCUT2D eigenvalue weighted by Gasteiger charge is -2.08. The number of halogens is 3. The van der Waals surface area contributed by atoms with E-state index in [1.165, 1.54) is 18.5 Å². The molecule has 0 radical (unpaired) electrons. The summed E-state index contributed by atoms with van der Waals surface area (Å²) in [5, 5.41) is 3.88. The predicted octanol–water partition coefficient (Wildman–Crippen LogP) is 1.90. The molecule has 0 saturated carbocycles. The van der Waals surface area contributed by atoms with Crippen molar-refractivity contribution in [2.75, 3.05) is 14.1 Å². The van der Waals surface area contributed by atoms with Crippen LogP contribution in [-0.4, -0.2) is 39.5 Å². The van der Waals surface area contributed by atoms with Crippen molar-refractivity contribution < 1.29 is 18.0 Å². The molecule has 2 aromatic rings. The highest BCUT2D eigenvalue weighted by molar-refractivity contribution is 6.02. The van der Waals surface area contributed by atoms with E-state index in [0.29, 0.717) is 0 Å². The van der Waals surface area contributed by atoms with Gasteiger partial charge in [0.1, 0.15) is 5.69 Å².